The highest BCUT2D eigenvalue weighted by Gasteiger charge is 1.99. The van der Waals surface area contributed by atoms with Gasteiger partial charge in [-0.25, -0.2) is 4.79 Å². The first kappa shape index (κ1) is 13.2. The lowest BCUT2D eigenvalue weighted by Gasteiger charge is -2.08. The van der Waals surface area contributed by atoms with E-state index in [2.05, 4.69) is 24.5 Å². The van der Waals surface area contributed by atoms with Gasteiger partial charge in [0.05, 0.1) is 0 Å². The Morgan fingerprint density at radius 2 is 2.07 bits per heavy atom. The van der Waals surface area contributed by atoms with E-state index in [0.717, 1.165) is 19.5 Å². The molecule has 0 saturated carbocycles. The van der Waals surface area contributed by atoms with Gasteiger partial charge in [-0.05, 0) is 18.9 Å². The molecule has 0 unspecified atom stereocenters. The highest BCUT2D eigenvalue weighted by molar-refractivity contribution is 5.66. The van der Waals surface area contributed by atoms with Gasteiger partial charge in [0.2, 0.25) is 0 Å². The van der Waals surface area contributed by atoms with Gasteiger partial charge in [0, 0.05) is 13.1 Å². The third-order valence-electron chi connectivity index (χ3n) is 1.58. The number of amides is 1. The molecule has 0 atom stereocenters. The molecule has 0 aromatic carbocycles. The summed E-state index contributed by atoms with van der Waals surface area (Å²) in [5, 5.41) is 5.83. The zero-order chi connectivity index (χ0) is 10.8. The monoisotopic (exact) mass is 202 g/mol. The van der Waals surface area contributed by atoms with E-state index >= 15 is 0 Å². The fourth-order valence-electron chi connectivity index (χ4n) is 0.885. The van der Waals surface area contributed by atoms with E-state index in [-0.39, 0.29) is 6.09 Å². The summed E-state index contributed by atoms with van der Waals surface area (Å²) >= 11 is 0. The SMILES string of the molecule is CCCNC(=O)OCCNCC(C)C. The average molecular weight is 202 g/mol. The van der Waals surface area contributed by atoms with E-state index in [4.69, 9.17) is 4.74 Å². The fraction of sp³-hybridized carbons (Fsp3) is 0.900. The number of carbonyl (C=O) groups is 1. The topological polar surface area (TPSA) is 50.4 Å². The van der Waals surface area contributed by atoms with Crippen LogP contribution in [-0.2, 0) is 4.74 Å². The Morgan fingerprint density at radius 3 is 2.64 bits per heavy atom. The van der Waals surface area contributed by atoms with Crippen molar-refractivity contribution >= 4 is 6.09 Å². The van der Waals surface area contributed by atoms with Crippen LogP contribution in [0, 0.1) is 5.92 Å². The number of alkyl carbamates (subject to hydrolysis) is 1. The maximum absolute atomic E-state index is 10.9. The largest absolute Gasteiger partial charge is 0.448 e. The maximum atomic E-state index is 10.9. The molecule has 4 nitrogen and oxygen atoms in total. The van der Waals surface area contributed by atoms with Crippen LogP contribution in [0.5, 0.6) is 0 Å². The average Bonchev–Trinajstić information content (AvgIpc) is 2.13. The summed E-state index contributed by atoms with van der Waals surface area (Å²) in [6.07, 6.45) is 0.610. The summed E-state index contributed by atoms with van der Waals surface area (Å²) in [4.78, 5) is 10.9. The third kappa shape index (κ3) is 9.32. The molecule has 0 fully saturated rings. The maximum Gasteiger partial charge on any atom is 0.407 e. The molecule has 84 valence electrons. The minimum absolute atomic E-state index is 0.321. The lowest BCUT2D eigenvalue weighted by molar-refractivity contribution is 0.146. The molecule has 0 aliphatic carbocycles. The molecule has 0 spiro atoms. The van der Waals surface area contributed by atoms with Crippen LogP contribution in [0.1, 0.15) is 27.2 Å². The molecule has 4 heteroatoms. The Balaban J connectivity index is 3.15. The van der Waals surface area contributed by atoms with Gasteiger partial charge in [-0.3, -0.25) is 0 Å². The molecule has 0 rings (SSSR count). The normalized spacial score (nSPS) is 10.3. The molecular weight excluding hydrogens is 180 g/mol. The molecule has 2 N–H and O–H groups in total. The van der Waals surface area contributed by atoms with Crippen molar-refractivity contribution in [1.82, 2.24) is 10.6 Å². The van der Waals surface area contributed by atoms with Crippen LogP contribution >= 0.6 is 0 Å². The molecule has 1 amide bonds. The zero-order valence-electron chi connectivity index (χ0n) is 9.43. The van der Waals surface area contributed by atoms with Crippen molar-refractivity contribution in [1.29, 1.82) is 0 Å². The Kier molecular flexibility index (Phi) is 8.33. The van der Waals surface area contributed by atoms with E-state index in [1.54, 1.807) is 0 Å². The molecule has 0 aliphatic heterocycles. The summed E-state index contributed by atoms with van der Waals surface area (Å²) in [5.41, 5.74) is 0. The number of nitrogens with one attached hydrogen (secondary N) is 2. The van der Waals surface area contributed by atoms with Crippen molar-refractivity contribution in [3.05, 3.63) is 0 Å². The predicted octanol–water partition coefficient (Wildman–Crippen LogP) is 1.37. The molecule has 14 heavy (non-hydrogen) atoms. The predicted molar refractivity (Wildman–Crippen MR) is 57.3 cm³/mol. The van der Waals surface area contributed by atoms with Gasteiger partial charge >= 0.3 is 6.09 Å². The molecular formula is C10H22N2O2. The van der Waals surface area contributed by atoms with Gasteiger partial charge in [0.1, 0.15) is 6.61 Å². The molecule has 0 aromatic rings. The molecule has 0 bridgehead atoms. The fourth-order valence-corrected chi connectivity index (χ4v) is 0.885. The quantitative estimate of drug-likeness (QED) is 0.613. The van der Waals surface area contributed by atoms with Crippen molar-refractivity contribution in [3.63, 3.8) is 0 Å². The van der Waals surface area contributed by atoms with Gasteiger partial charge in [0.15, 0.2) is 0 Å². The van der Waals surface area contributed by atoms with E-state index in [1.807, 2.05) is 6.92 Å². The van der Waals surface area contributed by atoms with Crippen LogP contribution < -0.4 is 10.6 Å². The van der Waals surface area contributed by atoms with Crippen molar-refractivity contribution in [2.24, 2.45) is 5.92 Å². The molecule has 0 radical (unpaired) electrons. The van der Waals surface area contributed by atoms with Crippen LogP contribution in [0.25, 0.3) is 0 Å². The second kappa shape index (κ2) is 8.81. The number of hydrogen-bond acceptors (Lipinski definition) is 3. The van der Waals surface area contributed by atoms with Gasteiger partial charge in [0.25, 0.3) is 0 Å². The smallest absolute Gasteiger partial charge is 0.407 e. The van der Waals surface area contributed by atoms with E-state index < -0.39 is 0 Å². The Hall–Kier alpha value is -0.770. The van der Waals surface area contributed by atoms with E-state index in [9.17, 15) is 4.79 Å². The van der Waals surface area contributed by atoms with E-state index in [0.29, 0.717) is 19.1 Å². The lowest BCUT2D eigenvalue weighted by Crippen LogP contribution is -2.29. The van der Waals surface area contributed by atoms with Crippen LogP contribution in [-0.4, -0.2) is 32.3 Å². The second-order valence-electron chi connectivity index (χ2n) is 3.66. The van der Waals surface area contributed by atoms with Crippen LogP contribution in [0.2, 0.25) is 0 Å². The Labute approximate surface area is 86.4 Å². The van der Waals surface area contributed by atoms with Crippen LogP contribution in [0.15, 0.2) is 0 Å². The highest BCUT2D eigenvalue weighted by atomic mass is 16.5. The van der Waals surface area contributed by atoms with Crippen molar-refractivity contribution in [2.75, 3.05) is 26.2 Å². The first-order chi connectivity index (χ1) is 6.66. The summed E-state index contributed by atoms with van der Waals surface area (Å²) < 4.78 is 4.91. The molecule has 0 aromatic heterocycles. The van der Waals surface area contributed by atoms with E-state index in [1.165, 1.54) is 0 Å². The number of ether oxygens (including phenoxy) is 1. The molecule has 0 saturated heterocycles. The first-order valence-corrected chi connectivity index (χ1v) is 5.28. The minimum atomic E-state index is -0.321. The number of hydrogen-bond donors (Lipinski definition) is 2. The van der Waals surface area contributed by atoms with Gasteiger partial charge < -0.3 is 15.4 Å². The Morgan fingerprint density at radius 1 is 1.36 bits per heavy atom. The van der Waals surface area contributed by atoms with Crippen molar-refractivity contribution in [2.45, 2.75) is 27.2 Å². The summed E-state index contributed by atoms with van der Waals surface area (Å²) in [6, 6.07) is 0. The molecule has 0 aliphatic rings. The number of carbonyl (C=O) groups excluding carboxylic acids is 1. The van der Waals surface area contributed by atoms with Crippen molar-refractivity contribution in [3.8, 4) is 0 Å². The lowest BCUT2D eigenvalue weighted by atomic mass is 10.2. The molecule has 0 heterocycles. The second-order valence-corrected chi connectivity index (χ2v) is 3.66. The Bertz CT molecular complexity index is 149. The van der Waals surface area contributed by atoms with Gasteiger partial charge in [-0.2, -0.15) is 0 Å². The highest BCUT2D eigenvalue weighted by Crippen LogP contribution is 1.86. The minimum Gasteiger partial charge on any atom is -0.448 e. The standard InChI is InChI=1S/C10H22N2O2/c1-4-5-12-10(13)14-7-6-11-8-9(2)3/h9,11H,4-8H2,1-3H3,(H,12,13). The summed E-state index contributed by atoms with van der Waals surface area (Å²) in [7, 11) is 0. The van der Waals surface area contributed by atoms with Gasteiger partial charge in [-0.1, -0.05) is 20.8 Å². The van der Waals surface area contributed by atoms with Crippen LogP contribution in [0.4, 0.5) is 4.79 Å². The van der Waals surface area contributed by atoms with Crippen molar-refractivity contribution < 1.29 is 9.53 Å². The van der Waals surface area contributed by atoms with Gasteiger partial charge in [-0.15, -0.1) is 0 Å². The zero-order valence-corrected chi connectivity index (χ0v) is 9.43. The third-order valence-corrected chi connectivity index (χ3v) is 1.58. The summed E-state index contributed by atoms with van der Waals surface area (Å²) in [6.45, 7) is 9.08. The first-order valence-electron chi connectivity index (χ1n) is 5.28. The summed E-state index contributed by atoms with van der Waals surface area (Å²) in [5.74, 6) is 0.629. The van der Waals surface area contributed by atoms with Crippen LogP contribution in [0.3, 0.4) is 0 Å². The number of rotatable bonds is 7.